The van der Waals surface area contributed by atoms with E-state index < -0.39 is 0 Å². The zero-order chi connectivity index (χ0) is 17.6. The number of hydrogen-bond acceptors (Lipinski definition) is 3. The summed E-state index contributed by atoms with van der Waals surface area (Å²) in [4.78, 5) is 14.3. The van der Waals surface area contributed by atoms with E-state index in [9.17, 15) is 4.79 Å². The molecular formula is C20H24N2O3. The maximum atomic E-state index is 12.5. The Morgan fingerprint density at radius 2 is 1.80 bits per heavy atom. The van der Waals surface area contributed by atoms with Gasteiger partial charge in [-0.2, -0.15) is 0 Å². The maximum absolute atomic E-state index is 12.5. The lowest BCUT2D eigenvalue weighted by Crippen LogP contribution is -2.44. The van der Waals surface area contributed by atoms with Crippen LogP contribution in [0.3, 0.4) is 0 Å². The Labute approximate surface area is 148 Å². The number of anilines is 1. The highest BCUT2D eigenvalue weighted by Crippen LogP contribution is 2.31. The van der Waals surface area contributed by atoms with Crippen LogP contribution in [-0.4, -0.2) is 31.8 Å². The van der Waals surface area contributed by atoms with Crippen LogP contribution in [0.25, 0.3) is 0 Å². The summed E-state index contributed by atoms with van der Waals surface area (Å²) in [6.45, 7) is 5.54. The van der Waals surface area contributed by atoms with Crippen molar-refractivity contribution in [3.63, 3.8) is 0 Å². The molecular weight excluding hydrogens is 316 g/mol. The quantitative estimate of drug-likeness (QED) is 0.817. The van der Waals surface area contributed by atoms with Gasteiger partial charge in [-0.3, -0.25) is 4.90 Å². The summed E-state index contributed by atoms with van der Waals surface area (Å²) in [5.74, 6) is 1.59. The molecule has 1 atom stereocenters. The van der Waals surface area contributed by atoms with Crippen molar-refractivity contribution in [2.24, 2.45) is 0 Å². The molecule has 1 aliphatic rings. The molecule has 0 aromatic heterocycles. The van der Waals surface area contributed by atoms with E-state index >= 15 is 0 Å². The van der Waals surface area contributed by atoms with E-state index in [1.807, 2.05) is 54.3 Å². The van der Waals surface area contributed by atoms with Crippen molar-refractivity contribution in [3.8, 4) is 11.5 Å². The second-order valence-corrected chi connectivity index (χ2v) is 6.04. The van der Waals surface area contributed by atoms with Crippen molar-refractivity contribution >= 4 is 11.7 Å². The van der Waals surface area contributed by atoms with Gasteiger partial charge in [0.1, 0.15) is 18.1 Å². The minimum atomic E-state index is -0.0762. The molecule has 3 rings (SSSR count). The molecule has 0 saturated heterocycles. The van der Waals surface area contributed by atoms with Crippen LogP contribution >= 0.6 is 0 Å². The minimum absolute atomic E-state index is 0.0762. The maximum Gasteiger partial charge on any atom is 0.322 e. The molecule has 25 heavy (non-hydrogen) atoms. The van der Waals surface area contributed by atoms with Crippen LogP contribution in [0.4, 0.5) is 10.5 Å². The molecule has 0 radical (unpaired) electrons. The van der Waals surface area contributed by atoms with Gasteiger partial charge >= 0.3 is 6.03 Å². The second-order valence-electron chi connectivity index (χ2n) is 6.04. The molecule has 2 aromatic carbocycles. The first-order valence-electron chi connectivity index (χ1n) is 8.69. The average Bonchev–Trinajstić information content (AvgIpc) is 2.96. The summed E-state index contributed by atoms with van der Waals surface area (Å²) < 4.78 is 11.1. The highest BCUT2D eigenvalue weighted by Gasteiger charge is 2.30. The number of para-hydroxylation sites is 1. The lowest BCUT2D eigenvalue weighted by atomic mass is 10.1. The van der Waals surface area contributed by atoms with Crippen LogP contribution in [0, 0.1) is 0 Å². The van der Waals surface area contributed by atoms with Gasteiger partial charge in [0.15, 0.2) is 0 Å². The third-order valence-electron chi connectivity index (χ3n) is 4.21. The number of nitrogens with zero attached hydrogens (tertiary/aromatic N) is 1. The highest BCUT2D eigenvalue weighted by atomic mass is 16.5. The number of rotatable bonds is 6. The van der Waals surface area contributed by atoms with Crippen LogP contribution in [0.1, 0.15) is 19.4 Å². The molecule has 1 aliphatic heterocycles. The number of carbonyl (C=O) groups is 1. The van der Waals surface area contributed by atoms with Gasteiger partial charge in [-0.15, -0.1) is 0 Å². The van der Waals surface area contributed by atoms with Gasteiger partial charge < -0.3 is 14.8 Å². The molecule has 2 amide bonds. The Kier molecular flexibility index (Phi) is 5.43. The molecule has 0 fully saturated rings. The predicted octanol–water partition coefficient (Wildman–Crippen LogP) is 3.62. The largest absolute Gasteiger partial charge is 0.494 e. The smallest absolute Gasteiger partial charge is 0.322 e. The summed E-state index contributed by atoms with van der Waals surface area (Å²) in [6, 6.07) is 15.6. The van der Waals surface area contributed by atoms with E-state index in [4.69, 9.17) is 9.47 Å². The fraction of sp³-hybridized carbons (Fsp3) is 0.350. The van der Waals surface area contributed by atoms with Gasteiger partial charge in [0, 0.05) is 11.7 Å². The third-order valence-corrected chi connectivity index (χ3v) is 4.21. The SMILES string of the molecule is CCOc1ccc(OCCNC(=O)N2c3ccccc3CC2C)cc1. The number of benzene rings is 2. The summed E-state index contributed by atoms with van der Waals surface area (Å²) in [5.41, 5.74) is 2.22. The van der Waals surface area contributed by atoms with Crippen LogP contribution in [0.5, 0.6) is 11.5 Å². The molecule has 1 unspecified atom stereocenters. The van der Waals surface area contributed by atoms with E-state index in [-0.39, 0.29) is 12.1 Å². The van der Waals surface area contributed by atoms with Crippen molar-refractivity contribution < 1.29 is 14.3 Å². The van der Waals surface area contributed by atoms with E-state index in [1.54, 1.807) is 0 Å². The Balaban J connectivity index is 1.47. The van der Waals surface area contributed by atoms with Crippen molar-refractivity contribution in [1.82, 2.24) is 5.32 Å². The number of hydrogen-bond donors (Lipinski definition) is 1. The lowest BCUT2D eigenvalue weighted by molar-refractivity contribution is 0.240. The van der Waals surface area contributed by atoms with Gasteiger partial charge in [-0.05, 0) is 56.2 Å². The Hall–Kier alpha value is -2.69. The molecule has 5 nitrogen and oxygen atoms in total. The number of amides is 2. The second kappa shape index (κ2) is 7.92. The number of nitrogens with one attached hydrogen (secondary N) is 1. The van der Waals surface area contributed by atoms with Crippen molar-refractivity contribution in [3.05, 3.63) is 54.1 Å². The fourth-order valence-electron chi connectivity index (χ4n) is 3.09. The van der Waals surface area contributed by atoms with Crippen LogP contribution in [0.2, 0.25) is 0 Å². The summed E-state index contributed by atoms with van der Waals surface area (Å²) >= 11 is 0. The van der Waals surface area contributed by atoms with Gasteiger partial charge in [-0.25, -0.2) is 4.79 Å². The predicted molar refractivity (Wildman–Crippen MR) is 98.6 cm³/mol. The zero-order valence-electron chi connectivity index (χ0n) is 14.7. The molecule has 1 N–H and O–H groups in total. The van der Waals surface area contributed by atoms with E-state index in [0.29, 0.717) is 19.8 Å². The van der Waals surface area contributed by atoms with E-state index in [0.717, 1.165) is 23.6 Å². The Morgan fingerprint density at radius 3 is 2.52 bits per heavy atom. The normalized spacial score (nSPS) is 15.6. The van der Waals surface area contributed by atoms with Crippen molar-refractivity contribution in [2.45, 2.75) is 26.3 Å². The first-order valence-corrected chi connectivity index (χ1v) is 8.69. The van der Waals surface area contributed by atoms with Gasteiger partial charge in [0.2, 0.25) is 0 Å². The summed E-state index contributed by atoms with van der Waals surface area (Å²) in [5, 5.41) is 2.94. The van der Waals surface area contributed by atoms with Crippen LogP contribution in [-0.2, 0) is 6.42 Å². The van der Waals surface area contributed by atoms with Crippen LogP contribution < -0.4 is 19.7 Å². The number of carbonyl (C=O) groups excluding carboxylic acids is 1. The molecule has 0 aliphatic carbocycles. The van der Waals surface area contributed by atoms with Crippen molar-refractivity contribution in [2.75, 3.05) is 24.7 Å². The summed E-state index contributed by atoms with van der Waals surface area (Å²) in [6.07, 6.45) is 0.895. The first-order chi connectivity index (χ1) is 12.2. The summed E-state index contributed by atoms with van der Waals surface area (Å²) in [7, 11) is 0. The zero-order valence-corrected chi connectivity index (χ0v) is 14.7. The number of urea groups is 1. The van der Waals surface area contributed by atoms with E-state index in [1.165, 1.54) is 5.56 Å². The molecule has 0 bridgehead atoms. The topological polar surface area (TPSA) is 50.8 Å². The first kappa shape index (κ1) is 17.1. The molecule has 0 saturated carbocycles. The van der Waals surface area contributed by atoms with Gasteiger partial charge in [0.05, 0.1) is 13.2 Å². The Morgan fingerprint density at radius 1 is 1.12 bits per heavy atom. The molecule has 5 heteroatoms. The monoisotopic (exact) mass is 340 g/mol. The minimum Gasteiger partial charge on any atom is -0.494 e. The highest BCUT2D eigenvalue weighted by molar-refractivity contribution is 5.94. The third kappa shape index (κ3) is 4.05. The van der Waals surface area contributed by atoms with Gasteiger partial charge in [-0.1, -0.05) is 18.2 Å². The Bertz CT molecular complexity index is 715. The molecule has 1 heterocycles. The molecule has 132 valence electrons. The fourth-order valence-corrected chi connectivity index (χ4v) is 3.09. The van der Waals surface area contributed by atoms with E-state index in [2.05, 4.69) is 18.3 Å². The standard InChI is InChI=1S/C20H24N2O3/c1-3-24-17-8-10-18(11-9-17)25-13-12-21-20(23)22-15(2)14-16-6-4-5-7-19(16)22/h4-11,15H,3,12-14H2,1-2H3,(H,21,23). The molecule has 2 aromatic rings. The number of fused-ring (bicyclic) bond motifs is 1. The number of ether oxygens (including phenoxy) is 2. The lowest BCUT2D eigenvalue weighted by Gasteiger charge is -2.23. The van der Waals surface area contributed by atoms with Crippen molar-refractivity contribution in [1.29, 1.82) is 0 Å². The van der Waals surface area contributed by atoms with Crippen LogP contribution in [0.15, 0.2) is 48.5 Å². The molecule has 0 spiro atoms. The average molecular weight is 340 g/mol. The van der Waals surface area contributed by atoms with Gasteiger partial charge in [0.25, 0.3) is 0 Å².